The van der Waals surface area contributed by atoms with Crippen molar-refractivity contribution in [2.45, 2.75) is 25.8 Å². The van der Waals surface area contributed by atoms with Crippen LogP contribution in [0.4, 0.5) is 0 Å². The zero-order chi connectivity index (χ0) is 14.5. The van der Waals surface area contributed by atoms with Crippen molar-refractivity contribution in [2.75, 3.05) is 6.54 Å². The van der Waals surface area contributed by atoms with Gasteiger partial charge in [0.1, 0.15) is 0 Å². The molecule has 2 aromatic rings. The van der Waals surface area contributed by atoms with Crippen molar-refractivity contribution >= 4 is 27.5 Å². The van der Waals surface area contributed by atoms with Gasteiger partial charge in [0.2, 0.25) is 0 Å². The lowest BCUT2D eigenvalue weighted by molar-refractivity contribution is 0.537. The molecule has 1 nitrogen and oxygen atoms in total. The molecule has 0 heterocycles. The van der Waals surface area contributed by atoms with Gasteiger partial charge in [-0.2, -0.15) is 0 Å². The van der Waals surface area contributed by atoms with E-state index in [-0.39, 0.29) is 6.04 Å². The van der Waals surface area contributed by atoms with E-state index >= 15 is 0 Å². The zero-order valence-corrected chi connectivity index (χ0v) is 14.1. The van der Waals surface area contributed by atoms with E-state index in [0.717, 1.165) is 21.6 Å². The number of hydrogen-bond donors (Lipinski definition) is 1. The summed E-state index contributed by atoms with van der Waals surface area (Å²) < 4.78 is 1.01. The van der Waals surface area contributed by atoms with Crippen LogP contribution in [-0.4, -0.2) is 6.54 Å². The van der Waals surface area contributed by atoms with E-state index in [4.69, 9.17) is 11.6 Å². The third kappa shape index (κ3) is 4.08. The fraction of sp³-hybridized carbons (Fsp3) is 0.294. The molecule has 20 heavy (non-hydrogen) atoms. The Labute approximate surface area is 134 Å². The number of benzene rings is 2. The van der Waals surface area contributed by atoms with Gasteiger partial charge in [-0.05, 0) is 36.1 Å². The van der Waals surface area contributed by atoms with Gasteiger partial charge in [-0.3, -0.25) is 0 Å². The Morgan fingerprint density at radius 2 is 1.80 bits per heavy atom. The predicted molar refractivity (Wildman–Crippen MR) is 90.4 cm³/mol. The summed E-state index contributed by atoms with van der Waals surface area (Å²) in [5, 5.41) is 4.36. The molecule has 0 amide bonds. The fourth-order valence-corrected chi connectivity index (χ4v) is 3.05. The van der Waals surface area contributed by atoms with Crippen LogP contribution in [0.3, 0.4) is 0 Å². The minimum absolute atomic E-state index is 0.238. The maximum Gasteiger partial charge on any atom is 0.0464 e. The molecule has 0 fully saturated rings. The topological polar surface area (TPSA) is 12.0 Å². The largest absolute Gasteiger partial charge is 0.310 e. The van der Waals surface area contributed by atoms with Crippen molar-refractivity contribution < 1.29 is 0 Å². The Balaban J connectivity index is 1.96. The van der Waals surface area contributed by atoms with Gasteiger partial charge >= 0.3 is 0 Å². The number of halogens is 2. The molecule has 0 bridgehead atoms. The van der Waals surface area contributed by atoms with Gasteiger partial charge < -0.3 is 5.32 Å². The van der Waals surface area contributed by atoms with Crippen LogP contribution < -0.4 is 5.32 Å². The Morgan fingerprint density at radius 1 is 1.10 bits per heavy atom. The maximum absolute atomic E-state index is 6.29. The standard InChI is InChI=1S/C17H19BrClN/c1-12(14-6-4-3-5-7-14)11-20-13(2)16-9-8-15(18)10-17(16)19/h3-10,12-13,20H,11H2,1-2H3. The highest BCUT2D eigenvalue weighted by molar-refractivity contribution is 9.10. The molecule has 2 rings (SSSR count). The Hall–Kier alpha value is -0.830. The molecule has 3 heteroatoms. The monoisotopic (exact) mass is 351 g/mol. The lowest BCUT2D eigenvalue weighted by atomic mass is 10.0. The molecule has 0 aliphatic heterocycles. The molecule has 0 saturated heterocycles. The van der Waals surface area contributed by atoms with Crippen molar-refractivity contribution in [3.8, 4) is 0 Å². The first-order chi connectivity index (χ1) is 9.58. The van der Waals surface area contributed by atoms with Crippen LogP contribution in [0.2, 0.25) is 5.02 Å². The van der Waals surface area contributed by atoms with E-state index in [2.05, 4.69) is 65.4 Å². The second kappa shape index (κ2) is 7.26. The Morgan fingerprint density at radius 3 is 2.45 bits per heavy atom. The third-order valence-electron chi connectivity index (χ3n) is 3.53. The summed E-state index contributed by atoms with van der Waals surface area (Å²) in [7, 11) is 0. The number of nitrogens with one attached hydrogen (secondary N) is 1. The van der Waals surface area contributed by atoms with Gasteiger partial charge in [0.15, 0.2) is 0 Å². The SMILES string of the molecule is CC(CNC(C)c1ccc(Br)cc1Cl)c1ccccc1. The quantitative estimate of drug-likeness (QED) is 0.743. The average molecular weight is 353 g/mol. The van der Waals surface area contributed by atoms with Gasteiger partial charge in [0.25, 0.3) is 0 Å². The molecule has 0 aliphatic carbocycles. The summed E-state index contributed by atoms with van der Waals surface area (Å²) in [6, 6.07) is 16.8. The van der Waals surface area contributed by atoms with E-state index in [1.165, 1.54) is 5.56 Å². The second-order valence-corrected chi connectivity index (χ2v) is 6.43. The van der Waals surface area contributed by atoms with Gasteiger partial charge in [0.05, 0.1) is 0 Å². The predicted octanol–water partition coefficient (Wildman–Crippen LogP) is 5.56. The summed E-state index contributed by atoms with van der Waals surface area (Å²) >= 11 is 9.72. The summed E-state index contributed by atoms with van der Waals surface area (Å²) in [4.78, 5) is 0. The van der Waals surface area contributed by atoms with Crippen molar-refractivity contribution in [3.05, 3.63) is 69.2 Å². The van der Waals surface area contributed by atoms with E-state index in [1.54, 1.807) is 0 Å². The highest BCUT2D eigenvalue weighted by Gasteiger charge is 2.11. The third-order valence-corrected chi connectivity index (χ3v) is 4.35. The molecule has 0 saturated carbocycles. The van der Waals surface area contributed by atoms with E-state index in [9.17, 15) is 0 Å². The average Bonchev–Trinajstić information content (AvgIpc) is 2.45. The minimum Gasteiger partial charge on any atom is -0.310 e. The molecule has 2 unspecified atom stereocenters. The molecule has 2 atom stereocenters. The van der Waals surface area contributed by atoms with E-state index in [0.29, 0.717) is 5.92 Å². The molecule has 106 valence electrons. The van der Waals surface area contributed by atoms with Gasteiger partial charge in [-0.25, -0.2) is 0 Å². The van der Waals surface area contributed by atoms with Crippen molar-refractivity contribution in [1.29, 1.82) is 0 Å². The summed E-state index contributed by atoms with van der Waals surface area (Å²) in [6.07, 6.45) is 0. The molecule has 0 spiro atoms. The Kier molecular flexibility index (Phi) is 5.64. The lowest BCUT2D eigenvalue weighted by Gasteiger charge is -2.19. The lowest BCUT2D eigenvalue weighted by Crippen LogP contribution is -2.23. The highest BCUT2D eigenvalue weighted by Crippen LogP contribution is 2.26. The summed E-state index contributed by atoms with van der Waals surface area (Å²) in [5.41, 5.74) is 2.49. The van der Waals surface area contributed by atoms with Gasteiger partial charge in [0, 0.05) is 22.1 Å². The Bertz CT molecular complexity index is 556. The fourth-order valence-electron chi connectivity index (χ4n) is 2.22. The zero-order valence-electron chi connectivity index (χ0n) is 11.7. The van der Waals surface area contributed by atoms with Gasteiger partial charge in [-0.15, -0.1) is 0 Å². The van der Waals surface area contributed by atoms with Crippen LogP contribution in [0, 0.1) is 0 Å². The minimum atomic E-state index is 0.238. The molecular weight excluding hydrogens is 334 g/mol. The maximum atomic E-state index is 6.29. The van der Waals surface area contributed by atoms with Crippen LogP contribution in [-0.2, 0) is 0 Å². The smallest absolute Gasteiger partial charge is 0.0464 e. The van der Waals surface area contributed by atoms with Crippen molar-refractivity contribution in [3.63, 3.8) is 0 Å². The molecule has 0 radical (unpaired) electrons. The number of hydrogen-bond acceptors (Lipinski definition) is 1. The summed E-state index contributed by atoms with van der Waals surface area (Å²) in [5.74, 6) is 0.480. The van der Waals surface area contributed by atoms with Crippen LogP contribution in [0.15, 0.2) is 53.0 Å². The highest BCUT2D eigenvalue weighted by atomic mass is 79.9. The molecule has 0 aliphatic rings. The normalized spacial score (nSPS) is 14.0. The van der Waals surface area contributed by atoms with Crippen molar-refractivity contribution in [1.82, 2.24) is 5.32 Å². The van der Waals surface area contributed by atoms with Crippen LogP contribution in [0.1, 0.15) is 36.9 Å². The first kappa shape index (κ1) is 15.6. The van der Waals surface area contributed by atoms with Crippen molar-refractivity contribution in [2.24, 2.45) is 0 Å². The van der Waals surface area contributed by atoms with Crippen LogP contribution in [0.5, 0.6) is 0 Å². The molecular formula is C17H19BrClN. The molecule has 1 N–H and O–H groups in total. The first-order valence-electron chi connectivity index (χ1n) is 6.81. The number of rotatable bonds is 5. The van der Waals surface area contributed by atoms with E-state index < -0.39 is 0 Å². The molecule has 2 aromatic carbocycles. The first-order valence-corrected chi connectivity index (χ1v) is 7.98. The van der Waals surface area contributed by atoms with Crippen LogP contribution in [0.25, 0.3) is 0 Å². The van der Waals surface area contributed by atoms with Crippen LogP contribution >= 0.6 is 27.5 Å². The second-order valence-electron chi connectivity index (χ2n) is 5.11. The van der Waals surface area contributed by atoms with E-state index in [1.807, 2.05) is 18.2 Å². The summed E-state index contributed by atoms with van der Waals surface area (Å²) in [6.45, 7) is 5.31. The molecule has 0 aromatic heterocycles. The van der Waals surface area contributed by atoms with Gasteiger partial charge in [-0.1, -0.05) is 70.9 Å².